The number of hydrogen-bond acceptors (Lipinski definition) is 12. The lowest BCUT2D eigenvalue weighted by atomic mass is 9.55. The van der Waals surface area contributed by atoms with Crippen molar-refractivity contribution in [1.82, 2.24) is 9.80 Å². The van der Waals surface area contributed by atoms with Crippen LogP contribution in [0.25, 0.3) is 0 Å². The molecule has 1 saturated carbocycles. The number of benzene rings is 2. The van der Waals surface area contributed by atoms with E-state index in [1.54, 1.807) is 35.2 Å². The summed E-state index contributed by atoms with van der Waals surface area (Å²) in [4.78, 5) is 24.8. The first-order chi connectivity index (χ1) is 28.4. The summed E-state index contributed by atoms with van der Waals surface area (Å²) in [5, 5.41) is 43.6. The summed E-state index contributed by atoms with van der Waals surface area (Å²) in [6.07, 6.45) is 8.89. The largest absolute Gasteiger partial charge is 0.492 e. The van der Waals surface area contributed by atoms with Crippen molar-refractivity contribution in [2.24, 2.45) is 22.9 Å². The Morgan fingerprint density at radius 3 is 2.52 bits per heavy atom. The minimum atomic E-state index is -1.44. The van der Waals surface area contributed by atoms with Crippen molar-refractivity contribution in [1.29, 1.82) is 5.26 Å². The van der Waals surface area contributed by atoms with Crippen LogP contribution in [0.4, 0.5) is 0 Å². The van der Waals surface area contributed by atoms with Crippen molar-refractivity contribution < 1.29 is 43.9 Å². The standard InChI is InChI=1S/C45H60N4O9/c1-3-24-56-45-41(49(20-25-54-27-23-52)44(53)33-13-11-32(31-46)12-14-33)30-39(47-57-4-2)37-28-34(9-5-7-21-50)36(10-6-8-22-51)42(43(37)45)38-29-35(15-16-40(38)58-45)55-26-19-48-17-18-48/h3,11-16,28-29,34,36,41-43,50-52H,1,4-10,17-27,30H2,2H3/t34-,36+,41-,42+,43+,45+/m0/s1. The third-order valence-corrected chi connectivity index (χ3v) is 11.8. The van der Waals surface area contributed by atoms with Gasteiger partial charge >= 0.3 is 0 Å². The molecule has 0 spiro atoms. The van der Waals surface area contributed by atoms with Gasteiger partial charge in [0, 0.05) is 62.9 Å². The van der Waals surface area contributed by atoms with Gasteiger partial charge < -0.3 is 44.0 Å². The number of unbranched alkanes of at least 4 members (excludes halogenated alkanes) is 2. The van der Waals surface area contributed by atoms with Crippen LogP contribution in [0, 0.1) is 29.1 Å². The smallest absolute Gasteiger partial charge is 0.254 e. The Kier molecular flexibility index (Phi) is 15.8. The summed E-state index contributed by atoms with van der Waals surface area (Å²) in [6, 6.07) is 13.9. The SMILES string of the molecule is C=CCO[C@@]12Oc3ccc(OCCN4CC4)cc3[C@H]3[C@H](CCCCO)[C@@H](CCCCO)C=C(C(=NOCC)C[C@@H]1N(CCOCCO)C(=O)c1ccc(C#N)cc1)[C@H]32. The second-order valence-electron chi connectivity index (χ2n) is 15.4. The Bertz CT molecular complexity index is 1770. The average molecular weight is 801 g/mol. The summed E-state index contributed by atoms with van der Waals surface area (Å²) in [5.74, 6) is -0.821. The number of hydrogen-bond donors (Lipinski definition) is 3. The van der Waals surface area contributed by atoms with E-state index in [-0.39, 0.29) is 76.3 Å². The summed E-state index contributed by atoms with van der Waals surface area (Å²) in [6.45, 7) is 10.4. The van der Waals surface area contributed by atoms with Gasteiger partial charge in [0.1, 0.15) is 30.8 Å². The van der Waals surface area contributed by atoms with Crippen LogP contribution in [-0.4, -0.2) is 128 Å². The van der Waals surface area contributed by atoms with Crippen LogP contribution >= 0.6 is 0 Å². The van der Waals surface area contributed by atoms with Gasteiger partial charge in [0.15, 0.2) is 0 Å². The Balaban J connectivity index is 1.56. The van der Waals surface area contributed by atoms with Crippen LogP contribution in [0.2, 0.25) is 0 Å². The predicted molar refractivity (Wildman–Crippen MR) is 219 cm³/mol. The molecular weight excluding hydrogens is 741 g/mol. The molecule has 0 aromatic heterocycles. The van der Waals surface area contributed by atoms with Crippen LogP contribution in [0.3, 0.4) is 0 Å². The molecule has 3 N–H and O–H groups in total. The van der Waals surface area contributed by atoms with Crippen molar-refractivity contribution in [2.45, 2.75) is 69.6 Å². The molecule has 314 valence electrons. The number of carbonyl (C=O) groups excluding carboxylic acids is 1. The number of nitriles is 1. The first-order valence-electron chi connectivity index (χ1n) is 21.0. The normalized spacial score (nSPS) is 25.1. The van der Waals surface area contributed by atoms with Crippen molar-refractivity contribution in [3.05, 3.63) is 83.5 Å². The van der Waals surface area contributed by atoms with Crippen LogP contribution in [0.15, 0.2) is 71.9 Å². The first-order valence-corrected chi connectivity index (χ1v) is 21.0. The van der Waals surface area contributed by atoms with E-state index < -0.39 is 17.7 Å². The van der Waals surface area contributed by atoms with Gasteiger partial charge in [0.05, 0.1) is 49.7 Å². The summed E-state index contributed by atoms with van der Waals surface area (Å²) < 4.78 is 26.5. The van der Waals surface area contributed by atoms with E-state index in [0.29, 0.717) is 48.6 Å². The monoisotopic (exact) mass is 800 g/mol. The van der Waals surface area contributed by atoms with Gasteiger partial charge in [-0.3, -0.25) is 9.69 Å². The van der Waals surface area contributed by atoms with E-state index in [0.717, 1.165) is 62.2 Å². The molecule has 2 heterocycles. The molecular formula is C45H60N4O9. The highest BCUT2D eigenvalue weighted by Gasteiger charge is 2.65. The highest BCUT2D eigenvalue weighted by Crippen LogP contribution is 2.62. The molecule has 2 aromatic carbocycles. The molecule has 58 heavy (non-hydrogen) atoms. The number of amides is 1. The molecule has 1 saturated heterocycles. The number of ether oxygens (including phenoxy) is 4. The van der Waals surface area contributed by atoms with Gasteiger partial charge in [-0.1, -0.05) is 30.1 Å². The minimum absolute atomic E-state index is 0.0730. The van der Waals surface area contributed by atoms with E-state index in [9.17, 15) is 25.4 Å². The maximum absolute atomic E-state index is 14.9. The predicted octanol–water partition coefficient (Wildman–Crippen LogP) is 5.06. The molecule has 2 aliphatic carbocycles. The lowest BCUT2D eigenvalue weighted by molar-refractivity contribution is -0.254. The van der Waals surface area contributed by atoms with Crippen LogP contribution in [0.1, 0.15) is 79.3 Å². The lowest BCUT2D eigenvalue weighted by Gasteiger charge is -2.60. The van der Waals surface area contributed by atoms with E-state index in [1.165, 1.54) is 0 Å². The minimum Gasteiger partial charge on any atom is -0.492 e. The number of allylic oxidation sites excluding steroid dienone is 1. The number of carbonyl (C=O) groups is 1. The second kappa shape index (κ2) is 21.1. The maximum Gasteiger partial charge on any atom is 0.254 e. The Morgan fingerprint density at radius 1 is 1.05 bits per heavy atom. The topological polar surface area (TPSA) is 166 Å². The Labute approximate surface area is 342 Å². The highest BCUT2D eigenvalue weighted by atomic mass is 16.7. The van der Waals surface area contributed by atoms with Gasteiger partial charge in [0.2, 0.25) is 5.79 Å². The zero-order valence-corrected chi connectivity index (χ0v) is 33.8. The second-order valence-corrected chi connectivity index (χ2v) is 15.4. The molecule has 2 aliphatic heterocycles. The summed E-state index contributed by atoms with van der Waals surface area (Å²) in [7, 11) is 0. The van der Waals surface area contributed by atoms with Crippen molar-refractivity contribution >= 4 is 11.6 Å². The van der Waals surface area contributed by atoms with Gasteiger partial charge in [-0.15, -0.1) is 6.58 Å². The fourth-order valence-corrected chi connectivity index (χ4v) is 9.05. The number of rotatable bonds is 24. The van der Waals surface area contributed by atoms with Crippen molar-refractivity contribution in [3.8, 4) is 17.6 Å². The Morgan fingerprint density at radius 2 is 1.83 bits per heavy atom. The van der Waals surface area contributed by atoms with E-state index >= 15 is 0 Å². The van der Waals surface area contributed by atoms with E-state index in [2.05, 4.69) is 29.7 Å². The molecule has 13 heteroatoms. The molecule has 0 bridgehead atoms. The molecule has 2 fully saturated rings. The molecule has 6 rings (SSSR count). The molecule has 1 amide bonds. The van der Waals surface area contributed by atoms with Gasteiger partial charge in [-0.05, 0) is 92.5 Å². The lowest BCUT2D eigenvalue weighted by Crippen LogP contribution is -2.70. The molecule has 2 aromatic rings. The van der Waals surface area contributed by atoms with Crippen LogP contribution in [0.5, 0.6) is 11.5 Å². The number of oxime groups is 1. The summed E-state index contributed by atoms with van der Waals surface area (Å²) in [5.41, 5.74) is 3.47. The number of aliphatic hydroxyl groups excluding tert-OH is 3. The molecule has 13 nitrogen and oxygen atoms in total. The van der Waals surface area contributed by atoms with Crippen molar-refractivity contribution in [2.75, 3.05) is 79.0 Å². The molecule has 6 atom stereocenters. The van der Waals surface area contributed by atoms with Crippen molar-refractivity contribution in [3.63, 3.8) is 0 Å². The molecule has 4 aliphatic rings. The third kappa shape index (κ3) is 9.93. The summed E-state index contributed by atoms with van der Waals surface area (Å²) >= 11 is 0. The third-order valence-electron chi connectivity index (χ3n) is 11.8. The van der Waals surface area contributed by atoms with Crippen LogP contribution in [-0.2, 0) is 14.3 Å². The van der Waals surface area contributed by atoms with Crippen LogP contribution < -0.4 is 9.47 Å². The van der Waals surface area contributed by atoms with Gasteiger partial charge in [-0.2, -0.15) is 5.26 Å². The first kappa shape index (κ1) is 43.3. The number of nitrogens with zero attached hydrogens (tertiary/aromatic N) is 4. The van der Waals surface area contributed by atoms with E-state index in [1.807, 2.05) is 19.1 Å². The average Bonchev–Trinajstić information content (AvgIpc) is 4.08. The molecule has 0 unspecified atom stereocenters. The quantitative estimate of drug-likeness (QED) is 0.0563. The molecule has 0 radical (unpaired) electrons. The Hall–Kier alpha value is -4.29. The number of fused-ring (bicyclic) bond motifs is 2. The van der Waals surface area contributed by atoms with Gasteiger partial charge in [-0.25, -0.2) is 0 Å². The highest BCUT2D eigenvalue weighted by molar-refractivity contribution is 6.03. The van der Waals surface area contributed by atoms with Gasteiger partial charge in [0.25, 0.3) is 5.91 Å². The zero-order chi connectivity index (χ0) is 40.9. The number of aliphatic hydroxyl groups is 3. The zero-order valence-electron chi connectivity index (χ0n) is 33.8. The fraction of sp³-hybridized carbons (Fsp3) is 0.578. The van der Waals surface area contributed by atoms with E-state index in [4.69, 9.17) is 28.9 Å². The maximum atomic E-state index is 14.9. The fourth-order valence-electron chi connectivity index (χ4n) is 9.05.